The van der Waals surface area contributed by atoms with Gasteiger partial charge in [-0.2, -0.15) is 8.42 Å². The van der Waals surface area contributed by atoms with Gasteiger partial charge in [0.2, 0.25) is 0 Å². The van der Waals surface area contributed by atoms with Gasteiger partial charge >= 0.3 is 10.1 Å². The van der Waals surface area contributed by atoms with Gasteiger partial charge in [0.25, 0.3) is 0 Å². The van der Waals surface area contributed by atoms with Crippen LogP contribution in [0.3, 0.4) is 0 Å². The molecule has 0 heterocycles. The van der Waals surface area contributed by atoms with Gasteiger partial charge in [0.05, 0.1) is 0 Å². The lowest BCUT2D eigenvalue weighted by Crippen LogP contribution is -2.06. The van der Waals surface area contributed by atoms with E-state index in [1.54, 1.807) is 36.4 Å². The molecule has 2 rings (SSSR count). The highest BCUT2D eigenvalue weighted by molar-refractivity contribution is 7.86. The second-order valence-corrected chi connectivity index (χ2v) is 5.49. The second-order valence-electron chi connectivity index (χ2n) is 3.96. The standard InChI is InChI=1S/C14H13NO3S/c1-12-8-10-14(11-9-12)19(16,17)18-15-13-6-4-2-3-5-7-13/h2-11H,1H3. The van der Waals surface area contributed by atoms with Crippen molar-refractivity contribution in [1.82, 2.24) is 0 Å². The van der Waals surface area contributed by atoms with Crippen LogP contribution >= 0.6 is 0 Å². The number of nitrogens with zero attached hydrogens (tertiary/aromatic N) is 1. The molecule has 0 unspecified atom stereocenters. The Morgan fingerprint density at radius 1 is 0.895 bits per heavy atom. The van der Waals surface area contributed by atoms with Crippen LogP contribution in [0.2, 0.25) is 0 Å². The Morgan fingerprint density at radius 3 is 2.05 bits per heavy atom. The Morgan fingerprint density at radius 2 is 1.47 bits per heavy atom. The Bertz CT molecular complexity index is 700. The molecule has 0 bridgehead atoms. The van der Waals surface area contributed by atoms with Crippen LogP contribution in [-0.2, 0) is 14.4 Å². The zero-order valence-corrected chi connectivity index (χ0v) is 11.2. The maximum absolute atomic E-state index is 11.9. The predicted octanol–water partition coefficient (Wildman–Crippen LogP) is 2.22. The molecule has 5 heteroatoms. The zero-order chi connectivity index (χ0) is 13.7. The van der Waals surface area contributed by atoms with Crippen LogP contribution in [0, 0.1) is 6.92 Å². The summed E-state index contributed by atoms with van der Waals surface area (Å²) in [5.41, 5.74) is 0.978. The molecule has 0 aliphatic heterocycles. The van der Waals surface area contributed by atoms with Crippen LogP contribution < -0.4 is 5.36 Å². The van der Waals surface area contributed by atoms with Gasteiger partial charge in [0.15, 0.2) is 0 Å². The number of benzene rings is 1. The summed E-state index contributed by atoms with van der Waals surface area (Å²) in [5, 5.41) is 4.06. The third kappa shape index (κ3) is 3.66. The summed E-state index contributed by atoms with van der Waals surface area (Å²) in [7, 11) is -3.86. The number of hydrogen-bond donors (Lipinski definition) is 0. The van der Waals surface area contributed by atoms with Crippen molar-refractivity contribution in [3.63, 3.8) is 0 Å². The maximum Gasteiger partial charge on any atom is 0.358 e. The molecule has 19 heavy (non-hydrogen) atoms. The van der Waals surface area contributed by atoms with E-state index in [0.29, 0.717) is 5.36 Å². The second kappa shape index (κ2) is 5.67. The molecule has 2 aromatic rings. The van der Waals surface area contributed by atoms with E-state index in [4.69, 9.17) is 0 Å². The number of aryl methyl sites for hydroxylation is 1. The average molecular weight is 275 g/mol. The first-order valence-corrected chi connectivity index (χ1v) is 7.08. The van der Waals surface area contributed by atoms with Crippen molar-refractivity contribution >= 4 is 10.1 Å². The SMILES string of the molecule is Cc1ccc(S(=O)(=O)ON=c2cccccc2)cc1. The highest BCUT2D eigenvalue weighted by atomic mass is 32.2. The molecule has 0 amide bonds. The van der Waals surface area contributed by atoms with E-state index in [0.717, 1.165) is 5.56 Å². The third-order valence-corrected chi connectivity index (χ3v) is 3.54. The molecule has 0 radical (unpaired) electrons. The molecular weight excluding hydrogens is 262 g/mol. The smallest absolute Gasteiger partial charge is 0.264 e. The zero-order valence-electron chi connectivity index (χ0n) is 10.4. The van der Waals surface area contributed by atoms with Crippen molar-refractivity contribution < 1.29 is 12.7 Å². The quantitative estimate of drug-likeness (QED) is 0.807. The predicted molar refractivity (Wildman–Crippen MR) is 71.5 cm³/mol. The van der Waals surface area contributed by atoms with E-state index in [2.05, 4.69) is 9.44 Å². The minimum Gasteiger partial charge on any atom is -0.264 e. The van der Waals surface area contributed by atoms with Crippen LogP contribution in [0.25, 0.3) is 0 Å². The van der Waals surface area contributed by atoms with Crippen molar-refractivity contribution in [3.8, 4) is 0 Å². The third-order valence-electron chi connectivity index (χ3n) is 2.42. The van der Waals surface area contributed by atoms with E-state index in [9.17, 15) is 8.42 Å². The number of rotatable bonds is 3. The lowest BCUT2D eigenvalue weighted by atomic mass is 10.2. The summed E-state index contributed by atoms with van der Waals surface area (Å²) in [5.74, 6) is 0. The highest BCUT2D eigenvalue weighted by Gasteiger charge is 2.14. The topological polar surface area (TPSA) is 55.7 Å². The maximum atomic E-state index is 11.9. The van der Waals surface area contributed by atoms with Gasteiger partial charge in [0.1, 0.15) is 10.3 Å². The van der Waals surface area contributed by atoms with Gasteiger partial charge in [-0.25, -0.2) is 0 Å². The molecule has 0 saturated heterocycles. The van der Waals surface area contributed by atoms with E-state index >= 15 is 0 Å². The van der Waals surface area contributed by atoms with Crippen LogP contribution in [0.4, 0.5) is 0 Å². The largest absolute Gasteiger partial charge is 0.358 e. The highest BCUT2D eigenvalue weighted by Crippen LogP contribution is 2.12. The van der Waals surface area contributed by atoms with Gasteiger partial charge in [-0.15, -0.1) is 0 Å². The molecule has 0 aromatic heterocycles. The molecule has 0 aliphatic carbocycles. The Balaban J connectivity index is 2.28. The summed E-state index contributed by atoms with van der Waals surface area (Å²) < 4.78 is 28.4. The molecule has 0 spiro atoms. The molecule has 0 atom stereocenters. The van der Waals surface area contributed by atoms with Crippen LogP contribution in [-0.4, -0.2) is 8.42 Å². The Labute approximate surface area is 112 Å². The van der Waals surface area contributed by atoms with Gasteiger partial charge < -0.3 is 0 Å². The van der Waals surface area contributed by atoms with E-state index in [1.165, 1.54) is 12.1 Å². The van der Waals surface area contributed by atoms with Crippen molar-refractivity contribution in [2.24, 2.45) is 5.16 Å². The fraction of sp³-hybridized carbons (Fsp3) is 0.0714. The van der Waals surface area contributed by atoms with Crippen LogP contribution in [0.1, 0.15) is 5.56 Å². The minimum absolute atomic E-state index is 0.0853. The summed E-state index contributed by atoms with van der Waals surface area (Å²) in [6.45, 7) is 1.88. The molecule has 0 saturated carbocycles. The first-order valence-electron chi connectivity index (χ1n) is 5.68. The van der Waals surface area contributed by atoms with Crippen molar-refractivity contribution in [2.75, 3.05) is 0 Å². The van der Waals surface area contributed by atoms with Crippen molar-refractivity contribution in [2.45, 2.75) is 11.8 Å². The molecule has 98 valence electrons. The van der Waals surface area contributed by atoms with Crippen molar-refractivity contribution in [3.05, 3.63) is 71.6 Å². The normalized spacial score (nSPS) is 10.8. The summed E-state index contributed by atoms with van der Waals surface area (Å²) in [6.07, 6.45) is 0. The van der Waals surface area contributed by atoms with Gasteiger partial charge in [-0.1, -0.05) is 47.1 Å². The fourth-order valence-electron chi connectivity index (χ4n) is 1.39. The summed E-state index contributed by atoms with van der Waals surface area (Å²) in [4.78, 5) is 0.0853. The Hall–Kier alpha value is -2.14. The lowest BCUT2D eigenvalue weighted by molar-refractivity contribution is 0.325. The average Bonchev–Trinajstić information content (AvgIpc) is 2.65. The monoisotopic (exact) mass is 275 g/mol. The van der Waals surface area contributed by atoms with Crippen LogP contribution in [0.15, 0.2) is 70.7 Å². The molecule has 4 nitrogen and oxygen atoms in total. The summed E-state index contributed by atoms with van der Waals surface area (Å²) >= 11 is 0. The van der Waals surface area contributed by atoms with Crippen molar-refractivity contribution in [1.29, 1.82) is 0 Å². The Kier molecular flexibility index (Phi) is 3.97. The lowest BCUT2D eigenvalue weighted by Gasteiger charge is -2.01. The first kappa shape index (κ1) is 13.3. The molecular formula is C14H13NO3S. The molecule has 0 aliphatic rings. The molecule has 0 N–H and O–H groups in total. The minimum atomic E-state index is -3.86. The van der Waals surface area contributed by atoms with E-state index in [-0.39, 0.29) is 4.90 Å². The van der Waals surface area contributed by atoms with Crippen LogP contribution in [0.5, 0.6) is 0 Å². The van der Waals surface area contributed by atoms with E-state index in [1.807, 2.05) is 19.1 Å². The van der Waals surface area contributed by atoms with Gasteiger partial charge in [0, 0.05) is 0 Å². The summed E-state index contributed by atoms with van der Waals surface area (Å²) in [6, 6.07) is 16.8. The molecule has 2 aromatic carbocycles. The first-order chi connectivity index (χ1) is 9.08. The molecule has 0 fully saturated rings. The van der Waals surface area contributed by atoms with E-state index < -0.39 is 10.1 Å². The fourth-order valence-corrected chi connectivity index (χ4v) is 2.13. The number of hydrogen-bond acceptors (Lipinski definition) is 4. The van der Waals surface area contributed by atoms with Gasteiger partial charge in [-0.05, 0) is 31.2 Å². The van der Waals surface area contributed by atoms with Gasteiger partial charge in [-0.3, -0.25) is 4.28 Å².